The lowest BCUT2D eigenvalue weighted by Crippen LogP contribution is -2.12. The number of rotatable bonds is 4. The normalized spacial score (nSPS) is 15.2. The molecule has 0 radical (unpaired) electrons. The molecule has 0 aliphatic rings. The van der Waals surface area contributed by atoms with Crippen molar-refractivity contribution in [1.82, 2.24) is 0 Å². The molecular formula is C10H22S2. The van der Waals surface area contributed by atoms with Crippen LogP contribution in [0.1, 0.15) is 41.5 Å². The maximum Gasteiger partial charge on any atom is 0.0479 e. The highest BCUT2D eigenvalue weighted by Gasteiger charge is 2.15. The third-order valence-electron chi connectivity index (χ3n) is 1.18. The molecule has 1 unspecified atom stereocenters. The first kappa shape index (κ1) is 12.7. The van der Waals surface area contributed by atoms with Crippen molar-refractivity contribution in [2.24, 2.45) is 5.92 Å². The Bertz CT molecular complexity index is 113. The van der Waals surface area contributed by atoms with E-state index >= 15 is 0 Å². The summed E-state index contributed by atoms with van der Waals surface area (Å²) in [5, 5.41) is 0. The van der Waals surface area contributed by atoms with Crippen LogP contribution in [0.25, 0.3) is 0 Å². The molecule has 0 saturated heterocycles. The highest BCUT2D eigenvalue weighted by molar-refractivity contribution is 8.17. The van der Waals surface area contributed by atoms with E-state index in [2.05, 4.69) is 65.1 Å². The van der Waals surface area contributed by atoms with Crippen LogP contribution in [0.15, 0.2) is 0 Å². The zero-order valence-electron chi connectivity index (χ0n) is 9.18. The number of hydrogen-bond acceptors (Lipinski definition) is 2. The zero-order chi connectivity index (χ0) is 9.78. The number of thioether (sulfide) groups is 2. The van der Waals surface area contributed by atoms with Crippen LogP contribution in [0.4, 0.5) is 0 Å². The summed E-state index contributed by atoms with van der Waals surface area (Å²) in [6.07, 6.45) is 0. The van der Waals surface area contributed by atoms with Gasteiger partial charge in [-0.15, -0.1) is 23.5 Å². The number of hydrogen-bond donors (Lipinski definition) is 0. The van der Waals surface area contributed by atoms with E-state index in [4.69, 9.17) is 0 Å². The van der Waals surface area contributed by atoms with Crippen molar-refractivity contribution in [3.63, 3.8) is 0 Å². The van der Waals surface area contributed by atoms with E-state index in [0.717, 1.165) is 10.5 Å². The molecule has 0 aromatic carbocycles. The fraction of sp³-hybridized carbons (Fsp3) is 1.00. The van der Waals surface area contributed by atoms with Gasteiger partial charge in [-0.1, -0.05) is 34.6 Å². The average Bonchev–Trinajstić information content (AvgIpc) is 1.79. The molecule has 2 heteroatoms. The monoisotopic (exact) mass is 206 g/mol. The maximum atomic E-state index is 2.31. The molecule has 0 aromatic rings. The van der Waals surface area contributed by atoms with Gasteiger partial charge in [0.15, 0.2) is 0 Å². The van der Waals surface area contributed by atoms with Crippen molar-refractivity contribution in [3.8, 4) is 0 Å². The molecule has 0 N–H and O–H groups in total. The van der Waals surface area contributed by atoms with Crippen LogP contribution >= 0.6 is 23.5 Å². The predicted octanol–water partition coefficient (Wildman–Crippen LogP) is 4.25. The molecule has 0 nitrogen and oxygen atoms in total. The van der Waals surface area contributed by atoms with Crippen molar-refractivity contribution < 1.29 is 0 Å². The Hall–Kier alpha value is 0.700. The molecule has 0 aliphatic carbocycles. The van der Waals surface area contributed by atoms with E-state index < -0.39 is 0 Å². The van der Waals surface area contributed by atoms with E-state index in [0.29, 0.717) is 4.75 Å². The fourth-order valence-corrected chi connectivity index (χ4v) is 3.89. The van der Waals surface area contributed by atoms with Gasteiger partial charge in [-0.25, -0.2) is 0 Å². The standard InChI is InChI=1S/C10H22S2/c1-8(2)7-11-9(3)12-10(4,5)6/h8-9H,7H2,1-6H3. The molecule has 0 saturated carbocycles. The summed E-state index contributed by atoms with van der Waals surface area (Å²) in [4.78, 5) is 0. The quantitative estimate of drug-likeness (QED) is 0.631. The summed E-state index contributed by atoms with van der Waals surface area (Å²) < 4.78 is 1.14. The van der Waals surface area contributed by atoms with Crippen molar-refractivity contribution >= 4 is 23.5 Å². The Balaban J connectivity index is 3.53. The Kier molecular flexibility index (Phi) is 5.75. The highest BCUT2D eigenvalue weighted by Crippen LogP contribution is 2.34. The van der Waals surface area contributed by atoms with Crippen LogP contribution in [0.5, 0.6) is 0 Å². The van der Waals surface area contributed by atoms with Gasteiger partial charge < -0.3 is 0 Å². The lowest BCUT2D eigenvalue weighted by atomic mass is 10.3. The fourth-order valence-electron chi connectivity index (χ4n) is 0.860. The van der Waals surface area contributed by atoms with Crippen LogP contribution in [-0.4, -0.2) is 15.1 Å². The third-order valence-corrected chi connectivity index (χ3v) is 4.25. The van der Waals surface area contributed by atoms with Crippen LogP contribution in [-0.2, 0) is 0 Å². The van der Waals surface area contributed by atoms with Crippen LogP contribution in [0.3, 0.4) is 0 Å². The molecular weight excluding hydrogens is 184 g/mol. The summed E-state index contributed by atoms with van der Waals surface area (Å²) in [7, 11) is 0. The average molecular weight is 206 g/mol. The van der Waals surface area contributed by atoms with E-state index in [9.17, 15) is 0 Å². The summed E-state index contributed by atoms with van der Waals surface area (Å²) in [6, 6.07) is 0. The first-order valence-electron chi connectivity index (χ1n) is 4.60. The van der Waals surface area contributed by atoms with E-state index in [-0.39, 0.29) is 0 Å². The smallest absolute Gasteiger partial charge is 0.0479 e. The molecule has 0 aliphatic heterocycles. The van der Waals surface area contributed by atoms with Gasteiger partial charge in [-0.2, -0.15) is 0 Å². The van der Waals surface area contributed by atoms with Crippen molar-refractivity contribution in [2.45, 2.75) is 50.9 Å². The topological polar surface area (TPSA) is 0 Å². The molecule has 74 valence electrons. The minimum Gasteiger partial charge on any atom is -0.148 e. The molecule has 0 heterocycles. The van der Waals surface area contributed by atoms with Gasteiger partial charge >= 0.3 is 0 Å². The largest absolute Gasteiger partial charge is 0.148 e. The van der Waals surface area contributed by atoms with Gasteiger partial charge in [0, 0.05) is 9.33 Å². The second-order valence-electron chi connectivity index (χ2n) is 4.53. The Morgan fingerprint density at radius 2 is 1.58 bits per heavy atom. The van der Waals surface area contributed by atoms with Crippen LogP contribution < -0.4 is 0 Å². The molecule has 0 aromatic heterocycles. The second-order valence-corrected chi connectivity index (χ2v) is 8.36. The third kappa shape index (κ3) is 8.79. The van der Waals surface area contributed by atoms with Crippen LogP contribution in [0, 0.1) is 5.92 Å². The van der Waals surface area contributed by atoms with Crippen molar-refractivity contribution in [3.05, 3.63) is 0 Å². The SMILES string of the molecule is CC(C)CSC(C)SC(C)(C)C. The predicted molar refractivity (Wildman–Crippen MR) is 64.1 cm³/mol. The molecule has 0 rings (SSSR count). The molecule has 0 amide bonds. The van der Waals surface area contributed by atoms with Crippen molar-refractivity contribution in [1.29, 1.82) is 0 Å². The molecule has 1 atom stereocenters. The first-order valence-corrected chi connectivity index (χ1v) is 6.53. The Labute approximate surface area is 86.3 Å². The van der Waals surface area contributed by atoms with Gasteiger partial charge in [-0.3, -0.25) is 0 Å². The molecule has 0 fully saturated rings. The Morgan fingerprint density at radius 3 is 1.92 bits per heavy atom. The molecule has 0 bridgehead atoms. The molecule has 12 heavy (non-hydrogen) atoms. The first-order chi connectivity index (χ1) is 5.31. The van der Waals surface area contributed by atoms with E-state index in [1.165, 1.54) is 5.75 Å². The summed E-state index contributed by atoms with van der Waals surface area (Å²) >= 11 is 4.14. The summed E-state index contributed by atoms with van der Waals surface area (Å²) in [6.45, 7) is 13.7. The molecule has 0 spiro atoms. The minimum atomic E-state index is 0.406. The van der Waals surface area contributed by atoms with E-state index in [1.54, 1.807) is 0 Å². The Morgan fingerprint density at radius 1 is 1.08 bits per heavy atom. The van der Waals surface area contributed by atoms with Gasteiger partial charge in [0.2, 0.25) is 0 Å². The lowest BCUT2D eigenvalue weighted by Gasteiger charge is -2.22. The van der Waals surface area contributed by atoms with Crippen molar-refractivity contribution in [2.75, 3.05) is 5.75 Å². The van der Waals surface area contributed by atoms with Crippen LogP contribution in [0.2, 0.25) is 0 Å². The van der Waals surface area contributed by atoms with Gasteiger partial charge in [0.25, 0.3) is 0 Å². The minimum absolute atomic E-state index is 0.406. The van der Waals surface area contributed by atoms with Gasteiger partial charge in [0.05, 0.1) is 0 Å². The van der Waals surface area contributed by atoms with Gasteiger partial charge in [0.1, 0.15) is 0 Å². The maximum absolute atomic E-state index is 2.31. The second kappa shape index (κ2) is 5.43. The lowest BCUT2D eigenvalue weighted by molar-refractivity contribution is 0.749. The summed E-state index contributed by atoms with van der Waals surface area (Å²) in [5.41, 5.74) is 0. The summed E-state index contributed by atoms with van der Waals surface area (Å²) in [5.74, 6) is 2.10. The van der Waals surface area contributed by atoms with E-state index in [1.807, 2.05) is 0 Å². The highest BCUT2D eigenvalue weighted by atomic mass is 32.2. The zero-order valence-corrected chi connectivity index (χ0v) is 10.8. The van der Waals surface area contributed by atoms with Gasteiger partial charge in [-0.05, 0) is 18.6 Å².